The van der Waals surface area contributed by atoms with Crippen molar-refractivity contribution in [3.05, 3.63) is 35.0 Å². The Labute approximate surface area is 108 Å². The number of ketones is 1. The van der Waals surface area contributed by atoms with E-state index in [2.05, 4.69) is 27.2 Å². The number of thiazole rings is 1. The third kappa shape index (κ3) is 2.47. The summed E-state index contributed by atoms with van der Waals surface area (Å²) in [4.78, 5) is 20.5. The fourth-order valence-corrected chi connectivity index (χ4v) is 2.09. The molecule has 0 aliphatic rings. The standard InChI is InChI=1S/C12H10N4OS/c1-2-5-15-12-16-11(13)10(18-12)9(17)8-4-3-6-14-7-8/h3-4,6-7H,13H2,1H3,(H,15,16). The Bertz CT molecular complexity index is 625. The Hall–Kier alpha value is -2.39. The van der Waals surface area contributed by atoms with Gasteiger partial charge in [-0.15, -0.1) is 0 Å². The molecule has 0 aliphatic carbocycles. The van der Waals surface area contributed by atoms with Crippen molar-refractivity contribution < 1.29 is 4.79 Å². The molecule has 2 aromatic heterocycles. The van der Waals surface area contributed by atoms with Gasteiger partial charge in [0.05, 0.1) is 0 Å². The molecule has 2 aromatic rings. The Morgan fingerprint density at radius 3 is 3.06 bits per heavy atom. The molecule has 90 valence electrons. The van der Waals surface area contributed by atoms with Gasteiger partial charge in [0.2, 0.25) is 5.78 Å². The highest BCUT2D eigenvalue weighted by Gasteiger charge is 2.17. The van der Waals surface area contributed by atoms with Crippen LogP contribution in [-0.2, 0) is 0 Å². The summed E-state index contributed by atoms with van der Waals surface area (Å²) < 4.78 is 0. The molecule has 0 saturated carbocycles. The van der Waals surface area contributed by atoms with Crippen LogP contribution in [0.3, 0.4) is 0 Å². The van der Waals surface area contributed by atoms with Gasteiger partial charge in [-0.25, -0.2) is 4.98 Å². The quantitative estimate of drug-likeness (QED) is 0.498. The van der Waals surface area contributed by atoms with Gasteiger partial charge in [0.15, 0.2) is 5.13 Å². The van der Waals surface area contributed by atoms with Crippen molar-refractivity contribution in [3.8, 4) is 12.0 Å². The molecule has 3 N–H and O–H groups in total. The molecule has 0 fully saturated rings. The number of nitrogens with two attached hydrogens (primary N) is 1. The smallest absolute Gasteiger partial charge is 0.208 e. The van der Waals surface area contributed by atoms with Gasteiger partial charge in [0, 0.05) is 24.0 Å². The van der Waals surface area contributed by atoms with E-state index in [0.717, 1.165) is 0 Å². The number of carbonyl (C=O) groups excluding carboxylic acids is 1. The van der Waals surface area contributed by atoms with E-state index < -0.39 is 0 Å². The second kappa shape index (κ2) is 5.29. The van der Waals surface area contributed by atoms with Crippen LogP contribution in [0.15, 0.2) is 24.5 Å². The summed E-state index contributed by atoms with van der Waals surface area (Å²) in [6, 6.07) is 6.04. The zero-order chi connectivity index (χ0) is 13.0. The summed E-state index contributed by atoms with van der Waals surface area (Å²) in [5.74, 6) is 2.69. The Morgan fingerprint density at radius 1 is 1.56 bits per heavy atom. The third-order valence-electron chi connectivity index (χ3n) is 2.08. The first-order valence-corrected chi connectivity index (χ1v) is 5.93. The van der Waals surface area contributed by atoms with Gasteiger partial charge in [-0.2, -0.15) is 0 Å². The van der Waals surface area contributed by atoms with Crippen molar-refractivity contribution in [3.63, 3.8) is 0 Å². The Balaban J connectivity index is 2.30. The number of nitrogen functional groups attached to an aromatic ring is 1. The Kier molecular flexibility index (Phi) is 3.55. The molecule has 0 bridgehead atoms. The van der Waals surface area contributed by atoms with Crippen LogP contribution in [-0.4, -0.2) is 15.8 Å². The van der Waals surface area contributed by atoms with E-state index in [-0.39, 0.29) is 11.6 Å². The molecule has 18 heavy (non-hydrogen) atoms. The molecule has 0 atom stereocenters. The van der Waals surface area contributed by atoms with Crippen molar-refractivity contribution in [2.75, 3.05) is 11.1 Å². The van der Waals surface area contributed by atoms with Gasteiger partial charge in [-0.3, -0.25) is 15.1 Å². The van der Waals surface area contributed by atoms with Crippen LogP contribution in [0.1, 0.15) is 22.2 Å². The first kappa shape index (κ1) is 12.1. The zero-order valence-corrected chi connectivity index (χ0v) is 10.4. The van der Waals surface area contributed by atoms with Crippen LogP contribution in [0.5, 0.6) is 0 Å². The molecular formula is C12H10N4OS. The SMILES string of the molecule is CC#CNc1nc(N)c(C(=O)c2cccnc2)s1. The van der Waals surface area contributed by atoms with Crippen molar-refractivity contribution in [1.82, 2.24) is 9.97 Å². The van der Waals surface area contributed by atoms with Crippen LogP contribution in [0.4, 0.5) is 10.9 Å². The van der Waals surface area contributed by atoms with E-state index in [0.29, 0.717) is 15.6 Å². The number of pyridine rings is 1. The second-order valence-corrected chi connectivity index (χ2v) is 4.30. The monoisotopic (exact) mass is 258 g/mol. The topological polar surface area (TPSA) is 80.9 Å². The molecule has 0 unspecified atom stereocenters. The first-order chi connectivity index (χ1) is 8.72. The Morgan fingerprint density at radius 2 is 2.39 bits per heavy atom. The molecule has 0 amide bonds. The van der Waals surface area contributed by atoms with Crippen LogP contribution < -0.4 is 11.1 Å². The van der Waals surface area contributed by atoms with Crippen LogP contribution in [0.25, 0.3) is 0 Å². The summed E-state index contributed by atoms with van der Waals surface area (Å²) >= 11 is 1.18. The molecule has 0 aliphatic heterocycles. The molecule has 0 aromatic carbocycles. The summed E-state index contributed by atoms with van der Waals surface area (Å²) in [6.07, 6.45) is 3.11. The van der Waals surface area contributed by atoms with E-state index >= 15 is 0 Å². The highest BCUT2D eigenvalue weighted by molar-refractivity contribution is 7.18. The molecule has 2 rings (SSSR count). The highest BCUT2D eigenvalue weighted by Crippen LogP contribution is 2.26. The lowest BCUT2D eigenvalue weighted by Gasteiger charge is -1.96. The van der Waals surface area contributed by atoms with E-state index in [4.69, 9.17) is 5.73 Å². The normalized spacial score (nSPS) is 9.39. The summed E-state index contributed by atoms with van der Waals surface area (Å²) in [5.41, 5.74) is 6.21. The maximum absolute atomic E-state index is 12.1. The van der Waals surface area contributed by atoms with Crippen molar-refractivity contribution in [2.24, 2.45) is 0 Å². The molecular weight excluding hydrogens is 248 g/mol. The maximum Gasteiger partial charge on any atom is 0.208 e. The second-order valence-electron chi connectivity index (χ2n) is 3.30. The maximum atomic E-state index is 12.1. The average molecular weight is 258 g/mol. The van der Waals surface area contributed by atoms with Crippen molar-refractivity contribution in [2.45, 2.75) is 6.92 Å². The van der Waals surface area contributed by atoms with E-state index in [1.54, 1.807) is 25.3 Å². The number of rotatable bonds is 3. The summed E-state index contributed by atoms with van der Waals surface area (Å²) in [6.45, 7) is 1.70. The fraction of sp³-hybridized carbons (Fsp3) is 0.0833. The number of nitrogens with zero attached hydrogens (tertiary/aromatic N) is 2. The minimum Gasteiger partial charge on any atom is -0.382 e. The van der Waals surface area contributed by atoms with Gasteiger partial charge >= 0.3 is 0 Å². The van der Waals surface area contributed by atoms with E-state index in [1.165, 1.54) is 17.5 Å². The predicted molar refractivity (Wildman–Crippen MR) is 71.3 cm³/mol. The molecule has 2 heterocycles. The molecule has 0 saturated heterocycles. The van der Waals surface area contributed by atoms with Crippen LogP contribution in [0, 0.1) is 12.0 Å². The first-order valence-electron chi connectivity index (χ1n) is 5.11. The lowest BCUT2D eigenvalue weighted by atomic mass is 10.2. The molecule has 0 spiro atoms. The van der Waals surface area contributed by atoms with Crippen molar-refractivity contribution in [1.29, 1.82) is 0 Å². The van der Waals surface area contributed by atoms with Crippen molar-refractivity contribution >= 4 is 28.1 Å². The number of aromatic nitrogens is 2. The predicted octanol–water partition coefficient (Wildman–Crippen LogP) is 1.74. The average Bonchev–Trinajstić information content (AvgIpc) is 2.78. The lowest BCUT2D eigenvalue weighted by molar-refractivity contribution is 0.104. The van der Waals surface area contributed by atoms with Crippen LogP contribution >= 0.6 is 11.3 Å². The number of hydrogen-bond acceptors (Lipinski definition) is 6. The molecule has 0 radical (unpaired) electrons. The van der Waals surface area contributed by atoms with Gasteiger partial charge in [0.1, 0.15) is 10.7 Å². The van der Waals surface area contributed by atoms with Gasteiger partial charge in [0.25, 0.3) is 0 Å². The number of nitrogens with one attached hydrogen (secondary N) is 1. The summed E-state index contributed by atoms with van der Waals surface area (Å²) in [5, 5.41) is 3.27. The largest absolute Gasteiger partial charge is 0.382 e. The minimum atomic E-state index is -0.185. The minimum absolute atomic E-state index is 0.185. The third-order valence-corrected chi connectivity index (χ3v) is 3.06. The number of hydrogen-bond donors (Lipinski definition) is 2. The number of carbonyl (C=O) groups is 1. The van der Waals surface area contributed by atoms with Gasteiger partial charge in [-0.1, -0.05) is 17.3 Å². The fourth-order valence-electron chi connectivity index (χ4n) is 1.29. The van der Waals surface area contributed by atoms with E-state index in [1.807, 2.05) is 0 Å². The molecule has 5 nitrogen and oxygen atoms in total. The molecule has 6 heteroatoms. The highest BCUT2D eigenvalue weighted by atomic mass is 32.1. The van der Waals surface area contributed by atoms with Gasteiger partial charge in [-0.05, 0) is 19.1 Å². The summed E-state index contributed by atoms with van der Waals surface area (Å²) in [7, 11) is 0. The number of anilines is 2. The van der Waals surface area contributed by atoms with E-state index in [9.17, 15) is 4.79 Å². The van der Waals surface area contributed by atoms with Crippen LogP contribution in [0.2, 0.25) is 0 Å². The van der Waals surface area contributed by atoms with Gasteiger partial charge < -0.3 is 5.73 Å². The zero-order valence-electron chi connectivity index (χ0n) is 9.60. The lowest BCUT2D eigenvalue weighted by Crippen LogP contribution is -2.02.